The first-order chi connectivity index (χ1) is 15.5. The van der Waals surface area contributed by atoms with Crippen molar-refractivity contribution < 1.29 is 33.0 Å². The summed E-state index contributed by atoms with van der Waals surface area (Å²) in [5.41, 5.74) is 4.58. The van der Waals surface area contributed by atoms with Gasteiger partial charge in [0.15, 0.2) is 0 Å². The van der Waals surface area contributed by atoms with Gasteiger partial charge in [0.25, 0.3) is 5.91 Å². The van der Waals surface area contributed by atoms with Gasteiger partial charge in [0.1, 0.15) is 28.8 Å². The predicted octanol–water partition coefficient (Wildman–Crippen LogP) is 2.15. The molecule has 1 heterocycles. The van der Waals surface area contributed by atoms with E-state index in [0.29, 0.717) is 11.5 Å². The zero-order chi connectivity index (χ0) is 24.7. The minimum Gasteiger partial charge on any atom is -0.471 e. The molecule has 1 aromatic carbocycles. The molecule has 2 aromatic rings. The number of nitrogens with one attached hydrogen (secondary N) is 3. The quantitative estimate of drug-likeness (QED) is 0.333. The highest BCUT2D eigenvalue weighted by Gasteiger charge is 2.23. The van der Waals surface area contributed by atoms with Gasteiger partial charge in [0.05, 0.1) is 18.1 Å². The molecule has 0 aliphatic rings. The summed E-state index contributed by atoms with van der Waals surface area (Å²) in [4.78, 5) is 35.6. The number of aromatic nitrogens is 1. The minimum absolute atomic E-state index is 0.0842. The molecule has 0 aliphatic carbocycles. The molecule has 0 bridgehead atoms. The van der Waals surface area contributed by atoms with Crippen LogP contribution in [0.1, 0.15) is 36.2 Å². The van der Waals surface area contributed by atoms with E-state index in [1.165, 1.54) is 0 Å². The zero-order valence-electron chi connectivity index (χ0n) is 17.6. The first kappa shape index (κ1) is 26.2. The van der Waals surface area contributed by atoms with Crippen molar-refractivity contribution in [3.63, 3.8) is 0 Å². The highest BCUT2D eigenvalue weighted by molar-refractivity contribution is 7.11. The van der Waals surface area contributed by atoms with Crippen LogP contribution in [0.4, 0.5) is 18.6 Å². The number of nitrogens with zero attached hydrogens (tertiary/aromatic N) is 1. The topological polar surface area (TPSA) is 156 Å². The van der Waals surface area contributed by atoms with E-state index in [0.717, 1.165) is 12.1 Å². The maximum absolute atomic E-state index is 13.9. The summed E-state index contributed by atoms with van der Waals surface area (Å²) in [6.45, 7) is 2.67. The number of amides is 4. The van der Waals surface area contributed by atoms with Gasteiger partial charge in [-0.2, -0.15) is 4.37 Å². The third kappa shape index (κ3) is 7.80. The van der Waals surface area contributed by atoms with Crippen molar-refractivity contribution in [3.05, 3.63) is 39.9 Å². The van der Waals surface area contributed by atoms with Gasteiger partial charge in [-0.3, -0.25) is 14.9 Å². The molecule has 33 heavy (non-hydrogen) atoms. The summed E-state index contributed by atoms with van der Waals surface area (Å²) in [6.07, 6.45) is -1.36. The number of primary amides is 1. The molecule has 0 saturated heterocycles. The van der Waals surface area contributed by atoms with Gasteiger partial charge in [-0.25, -0.2) is 13.6 Å². The fraction of sp³-hybridized carbons (Fsp3) is 0.368. The van der Waals surface area contributed by atoms with Crippen molar-refractivity contribution in [2.75, 3.05) is 11.9 Å². The summed E-state index contributed by atoms with van der Waals surface area (Å²) in [5, 5.41) is 16.9. The van der Waals surface area contributed by atoms with E-state index in [1.54, 1.807) is 13.8 Å². The molecular formula is C19H22ClF2N5O5S. The Hall–Kier alpha value is -3.03. The van der Waals surface area contributed by atoms with Crippen LogP contribution in [0.5, 0.6) is 5.88 Å². The van der Waals surface area contributed by atoms with Gasteiger partial charge >= 0.3 is 6.03 Å². The summed E-state index contributed by atoms with van der Waals surface area (Å²) >= 11 is 6.22. The van der Waals surface area contributed by atoms with Gasteiger partial charge < -0.3 is 26.2 Å². The molecule has 14 heteroatoms. The number of hydrogen-bond donors (Lipinski definition) is 5. The molecule has 0 aliphatic heterocycles. The molecule has 6 N–H and O–H groups in total. The first-order valence-electron chi connectivity index (χ1n) is 9.55. The number of aliphatic hydroxyl groups is 1. The molecule has 1 aromatic heterocycles. The molecule has 0 saturated carbocycles. The number of hydrogen-bond acceptors (Lipinski definition) is 7. The van der Waals surface area contributed by atoms with Crippen molar-refractivity contribution in [1.82, 2.24) is 15.0 Å². The van der Waals surface area contributed by atoms with Crippen molar-refractivity contribution in [2.24, 2.45) is 5.73 Å². The molecule has 10 nitrogen and oxygen atoms in total. The van der Waals surface area contributed by atoms with Crippen LogP contribution in [-0.2, 0) is 11.4 Å². The molecule has 0 radical (unpaired) electrons. The molecule has 0 fully saturated rings. The summed E-state index contributed by atoms with van der Waals surface area (Å²) in [5.74, 6) is -3.62. The van der Waals surface area contributed by atoms with Crippen LogP contribution in [0.3, 0.4) is 0 Å². The number of benzene rings is 1. The summed E-state index contributed by atoms with van der Waals surface area (Å²) < 4.78 is 36.9. The molecule has 1 atom stereocenters. The maximum Gasteiger partial charge on any atom is 0.320 e. The smallest absolute Gasteiger partial charge is 0.320 e. The lowest BCUT2D eigenvalue weighted by Crippen LogP contribution is -2.39. The van der Waals surface area contributed by atoms with E-state index in [4.69, 9.17) is 22.1 Å². The lowest BCUT2D eigenvalue weighted by molar-refractivity contribution is -0.123. The number of carbonyl (C=O) groups is 3. The van der Waals surface area contributed by atoms with Gasteiger partial charge in [-0.1, -0.05) is 11.6 Å². The number of urea groups is 1. The number of anilines is 1. The standard InChI is InChI=1S/C19H22ClF2N5O5S/c1-8(2)25-14(29)5-10(28)6-24-19(31)26-18-15(16(23)30)17(27-33-18)32-7-11-12(21)3-9(20)4-13(11)22/h3-4,8,10,28H,5-7H2,1-2H3,(H2,23,30)(H,25,29)(H2,24,26,31). The van der Waals surface area contributed by atoms with Gasteiger partial charge in [0, 0.05) is 17.6 Å². The lowest BCUT2D eigenvalue weighted by Gasteiger charge is -2.14. The molecule has 0 spiro atoms. The SMILES string of the molecule is CC(C)NC(=O)CC(O)CNC(=O)Nc1snc(OCc2c(F)cc(Cl)cc2F)c1C(N)=O. The summed E-state index contributed by atoms with van der Waals surface area (Å²) in [6, 6.07) is 0.893. The van der Waals surface area contributed by atoms with Crippen LogP contribution in [0, 0.1) is 11.6 Å². The molecule has 4 amide bonds. The Balaban J connectivity index is 1.99. The number of aliphatic hydroxyl groups excluding tert-OH is 1. The highest BCUT2D eigenvalue weighted by atomic mass is 35.5. The minimum atomic E-state index is -1.14. The first-order valence-corrected chi connectivity index (χ1v) is 10.7. The Labute approximate surface area is 196 Å². The Bertz CT molecular complexity index is 1010. The Morgan fingerprint density at radius 3 is 2.48 bits per heavy atom. The van der Waals surface area contributed by atoms with E-state index >= 15 is 0 Å². The third-order valence-electron chi connectivity index (χ3n) is 3.96. The number of rotatable bonds is 10. The fourth-order valence-electron chi connectivity index (χ4n) is 2.55. The van der Waals surface area contributed by atoms with Crippen LogP contribution in [0.25, 0.3) is 0 Å². The van der Waals surface area contributed by atoms with E-state index in [-0.39, 0.29) is 46.4 Å². The predicted molar refractivity (Wildman–Crippen MR) is 117 cm³/mol. The van der Waals surface area contributed by atoms with Crippen molar-refractivity contribution in [1.29, 1.82) is 0 Å². The molecule has 180 valence electrons. The van der Waals surface area contributed by atoms with Crippen molar-refractivity contribution >= 4 is 46.0 Å². The monoisotopic (exact) mass is 505 g/mol. The average molecular weight is 506 g/mol. The lowest BCUT2D eigenvalue weighted by atomic mass is 10.2. The molecule has 2 rings (SSSR count). The average Bonchev–Trinajstić information content (AvgIpc) is 3.07. The summed E-state index contributed by atoms with van der Waals surface area (Å²) in [7, 11) is 0. The second kappa shape index (κ2) is 11.7. The van der Waals surface area contributed by atoms with Gasteiger partial charge in [-0.15, -0.1) is 0 Å². The second-order valence-electron chi connectivity index (χ2n) is 7.11. The van der Waals surface area contributed by atoms with Crippen LogP contribution < -0.4 is 26.4 Å². The third-order valence-corrected chi connectivity index (χ3v) is 4.93. The van der Waals surface area contributed by atoms with E-state index in [2.05, 4.69) is 20.3 Å². The zero-order valence-corrected chi connectivity index (χ0v) is 19.2. The van der Waals surface area contributed by atoms with Crippen molar-refractivity contribution in [3.8, 4) is 5.88 Å². The highest BCUT2D eigenvalue weighted by Crippen LogP contribution is 2.31. The normalized spacial score (nSPS) is 11.7. The van der Waals surface area contributed by atoms with E-state index in [1.807, 2.05) is 0 Å². The van der Waals surface area contributed by atoms with E-state index < -0.39 is 41.8 Å². The molecular weight excluding hydrogens is 484 g/mol. The van der Waals surface area contributed by atoms with Crippen LogP contribution in [-0.4, -0.2) is 46.0 Å². The Kier molecular flexibility index (Phi) is 9.32. The Morgan fingerprint density at radius 1 is 1.27 bits per heavy atom. The van der Waals surface area contributed by atoms with Crippen LogP contribution >= 0.6 is 23.1 Å². The van der Waals surface area contributed by atoms with Crippen LogP contribution in [0.15, 0.2) is 12.1 Å². The largest absolute Gasteiger partial charge is 0.471 e. The number of ether oxygens (including phenoxy) is 1. The van der Waals surface area contributed by atoms with Crippen LogP contribution in [0.2, 0.25) is 5.02 Å². The van der Waals surface area contributed by atoms with Crippen molar-refractivity contribution in [2.45, 2.75) is 39.0 Å². The van der Waals surface area contributed by atoms with Gasteiger partial charge in [0.2, 0.25) is 11.8 Å². The second-order valence-corrected chi connectivity index (χ2v) is 8.32. The number of halogens is 3. The number of nitrogens with two attached hydrogens (primary N) is 1. The Morgan fingerprint density at radius 2 is 1.91 bits per heavy atom. The van der Waals surface area contributed by atoms with Gasteiger partial charge in [-0.05, 0) is 37.5 Å². The maximum atomic E-state index is 13.9. The van der Waals surface area contributed by atoms with E-state index in [9.17, 15) is 28.3 Å². The number of carbonyl (C=O) groups excluding carboxylic acids is 3. The molecule has 1 unspecified atom stereocenters. The fourth-order valence-corrected chi connectivity index (χ4v) is 3.48.